The Hall–Kier alpha value is -2.29. The van der Waals surface area contributed by atoms with Gasteiger partial charge in [0.25, 0.3) is 0 Å². The predicted molar refractivity (Wildman–Crippen MR) is 110 cm³/mol. The molecule has 0 bridgehead atoms. The lowest BCUT2D eigenvalue weighted by molar-refractivity contribution is 0.0694. The largest absolute Gasteiger partial charge is 0.478 e. The van der Waals surface area contributed by atoms with Gasteiger partial charge in [0, 0.05) is 12.0 Å². The highest BCUT2D eigenvalue weighted by Gasteiger charge is 2.31. The molecule has 1 aliphatic rings. The van der Waals surface area contributed by atoms with E-state index < -0.39 is 5.97 Å². The van der Waals surface area contributed by atoms with Gasteiger partial charge in [0.1, 0.15) is 11.5 Å². The number of aryl methyl sites for hydroxylation is 1. The van der Waals surface area contributed by atoms with Gasteiger partial charge < -0.3 is 9.84 Å². The molecule has 0 radical (unpaired) electrons. The Kier molecular flexibility index (Phi) is 5.59. The Morgan fingerprint density at radius 2 is 1.48 bits per heavy atom. The zero-order chi connectivity index (χ0) is 19.7. The molecule has 2 aromatic rings. The molecule has 1 heterocycles. The maximum absolute atomic E-state index is 12.2. The number of carboxylic acid groups (broad SMARTS) is 1. The molecule has 1 aliphatic heterocycles. The second kappa shape index (κ2) is 7.75. The highest BCUT2D eigenvalue weighted by Crippen LogP contribution is 2.46. The molecule has 0 aromatic heterocycles. The van der Waals surface area contributed by atoms with Gasteiger partial charge in [-0.3, -0.25) is 0 Å². The molecule has 0 unspecified atom stereocenters. The van der Waals surface area contributed by atoms with Crippen LogP contribution in [0, 0.1) is 0 Å². The molecule has 0 fully saturated rings. The fraction of sp³-hybridized carbons (Fsp3) is 0.458. The summed E-state index contributed by atoms with van der Waals surface area (Å²) >= 11 is 0. The quantitative estimate of drug-likeness (QED) is 0.591. The van der Waals surface area contributed by atoms with E-state index in [2.05, 4.69) is 39.8 Å². The first-order valence-electron chi connectivity index (χ1n) is 10.3. The summed E-state index contributed by atoms with van der Waals surface area (Å²) in [5, 5.41) is 10.0. The first-order valence-corrected chi connectivity index (χ1v) is 10.3. The van der Waals surface area contributed by atoms with Crippen LogP contribution in [0.1, 0.15) is 83.9 Å². The molecular weight excluding hydrogens is 336 g/mol. The van der Waals surface area contributed by atoms with E-state index in [1.807, 2.05) is 6.92 Å². The fourth-order valence-electron chi connectivity index (χ4n) is 4.68. The number of hydrogen-bond acceptors (Lipinski definition) is 2. The highest BCUT2D eigenvalue weighted by molar-refractivity contribution is 5.94. The smallest absolute Gasteiger partial charge is 0.336 e. The van der Waals surface area contributed by atoms with Crippen molar-refractivity contribution >= 4 is 5.97 Å². The zero-order valence-corrected chi connectivity index (χ0v) is 17.2. The van der Waals surface area contributed by atoms with Gasteiger partial charge >= 0.3 is 5.97 Å². The summed E-state index contributed by atoms with van der Waals surface area (Å²) in [6, 6.07) is 4.29. The van der Waals surface area contributed by atoms with Gasteiger partial charge in [0.2, 0.25) is 0 Å². The van der Waals surface area contributed by atoms with Crippen LogP contribution in [0.2, 0.25) is 0 Å². The van der Waals surface area contributed by atoms with Crippen molar-refractivity contribution in [1.82, 2.24) is 0 Å². The van der Waals surface area contributed by atoms with Crippen LogP contribution in [-0.2, 0) is 38.5 Å². The molecule has 1 N–H and O–H groups in total. The van der Waals surface area contributed by atoms with Gasteiger partial charge in [-0.15, -0.1) is 0 Å². The van der Waals surface area contributed by atoms with E-state index in [0.717, 1.165) is 65.9 Å². The Balaban J connectivity index is 2.33. The van der Waals surface area contributed by atoms with E-state index in [0.29, 0.717) is 12.0 Å². The number of aromatic carboxylic acids is 1. The molecule has 0 atom stereocenters. The van der Waals surface area contributed by atoms with Crippen molar-refractivity contribution < 1.29 is 14.6 Å². The van der Waals surface area contributed by atoms with Crippen molar-refractivity contribution in [3.63, 3.8) is 0 Å². The third-order valence-corrected chi connectivity index (χ3v) is 5.90. The number of hydrogen-bond donors (Lipinski definition) is 1. The Bertz CT molecular complexity index is 893. The molecule has 3 nitrogen and oxygen atoms in total. The summed E-state index contributed by atoms with van der Waals surface area (Å²) in [4.78, 5) is 12.2. The summed E-state index contributed by atoms with van der Waals surface area (Å²) in [5.41, 5.74) is 8.32. The van der Waals surface area contributed by atoms with E-state index in [4.69, 9.17) is 4.74 Å². The standard InChI is InChI=1S/C24H30O3/c1-6-14-11-12-15-13-20-21(24(25)26)18(9-4)17(8-3)19(10-5)23(20)27-22(15)16(14)7-2/h11-12H,6-10,13H2,1-5H3,(H,25,26). The molecule has 3 heteroatoms. The second-order valence-electron chi connectivity index (χ2n) is 7.16. The van der Waals surface area contributed by atoms with Gasteiger partial charge in [-0.25, -0.2) is 4.79 Å². The first kappa shape index (κ1) is 19.5. The van der Waals surface area contributed by atoms with Gasteiger partial charge in [0.15, 0.2) is 0 Å². The molecule has 3 rings (SSSR count). The Labute approximate surface area is 162 Å². The van der Waals surface area contributed by atoms with Crippen molar-refractivity contribution in [2.45, 2.75) is 73.1 Å². The van der Waals surface area contributed by atoms with Gasteiger partial charge in [-0.05, 0) is 65.5 Å². The fourth-order valence-corrected chi connectivity index (χ4v) is 4.68. The molecule has 0 saturated carbocycles. The summed E-state index contributed by atoms with van der Waals surface area (Å²) in [6.07, 6.45) is 4.93. The van der Waals surface area contributed by atoms with E-state index in [1.54, 1.807) is 0 Å². The van der Waals surface area contributed by atoms with Crippen LogP contribution >= 0.6 is 0 Å². The topological polar surface area (TPSA) is 46.5 Å². The van der Waals surface area contributed by atoms with Crippen LogP contribution in [0.5, 0.6) is 11.5 Å². The number of rotatable bonds is 6. The van der Waals surface area contributed by atoms with Crippen LogP contribution in [0.15, 0.2) is 12.1 Å². The number of carbonyl (C=O) groups is 1. The molecule has 27 heavy (non-hydrogen) atoms. The normalized spacial score (nSPS) is 12.3. The Morgan fingerprint density at radius 1 is 0.852 bits per heavy atom. The van der Waals surface area contributed by atoms with Crippen LogP contribution < -0.4 is 4.74 Å². The summed E-state index contributed by atoms with van der Waals surface area (Å²) in [7, 11) is 0. The minimum atomic E-state index is -0.839. The van der Waals surface area contributed by atoms with Crippen molar-refractivity contribution in [3.05, 3.63) is 56.6 Å². The third-order valence-electron chi connectivity index (χ3n) is 5.90. The molecule has 0 saturated heterocycles. The number of carboxylic acids is 1. The van der Waals surface area contributed by atoms with Crippen molar-refractivity contribution in [3.8, 4) is 11.5 Å². The molecule has 0 aliphatic carbocycles. The lowest BCUT2D eigenvalue weighted by atomic mass is 9.82. The lowest BCUT2D eigenvalue weighted by Crippen LogP contribution is -2.18. The third kappa shape index (κ3) is 3.03. The molecule has 0 spiro atoms. The minimum absolute atomic E-state index is 0.463. The Morgan fingerprint density at radius 3 is 2.00 bits per heavy atom. The van der Waals surface area contributed by atoms with E-state index >= 15 is 0 Å². The number of ether oxygens (including phenoxy) is 1. The molecular formula is C24H30O3. The van der Waals surface area contributed by atoms with Crippen molar-refractivity contribution in [2.75, 3.05) is 0 Å². The molecule has 0 amide bonds. The molecule has 144 valence electrons. The van der Waals surface area contributed by atoms with Crippen molar-refractivity contribution in [1.29, 1.82) is 0 Å². The predicted octanol–water partition coefficient (Wildman–Crippen LogP) is 5.89. The minimum Gasteiger partial charge on any atom is -0.478 e. The number of fused-ring (bicyclic) bond motifs is 2. The van der Waals surface area contributed by atoms with E-state index in [1.165, 1.54) is 16.7 Å². The van der Waals surface area contributed by atoms with Crippen LogP contribution in [-0.4, -0.2) is 11.1 Å². The van der Waals surface area contributed by atoms with Gasteiger partial charge in [0.05, 0.1) is 5.56 Å². The average molecular weight is 367 g/mol. The second-order valence-corrected chi connectivity index (χ2v) is 7.16. The summed E-state index contributed by atoms with van der Waals surface area (Å²) < 4.78 is 6.53. The maximum Gasteiger partial charge on any atom is 0.336 e. The van der Waals surface area contributed by atoms with Crippen molar-refractivity contribution in [2.24, 2.45) is 0 Å². The van der Waals surface area contributed by atoms with E-state index in [-0.39, 0.29) is 0 Å². The van der Waals surface area contributed by atoms with Crippen LogP contribution in [0.3, 0.4) is 0 Å². The maximum atomic E-state index is 12.2. The van der Waals surface area contributed by atoms with Gasteiger partial charge in [-0.2, -0.15) is 0 Å². The lowest BCUT2D eigenvalue weighted by Gasteiger charge is -2.30. The summed E-state index contributed by atoms with van der Waals surface area (Å²) in [6.45, 7) is 10.6. The summed E-state index contributed by atoms with van der Waals surface area (Å²) in [5.74, 6) is 0.925. The highest BCUT2D eigenvalue weighted by atomic mass is 16.5. The SMILES string of the molecule is CCc1ccc2c(c1CC)Oc1c(CC)c(CC)c(CC)c(C(=O)O)c1C2. The van der Waals surface area contributed by atoms with E-state index in [9.17, 15) is 9.90 Å². The van der Waals surface area contributed by atoms with Crippen LogP contribution in [0.25, 0.3) is 0 Å². The van der Waals surface area contributed by atoms with Gasteiger partial charge in [-0.1, -0.05) is 46.8 Å². The zero-order valence-electron chi connectivity index (χ0n) is 17.2. The van der Waals surface area contributed by atoms with Crippen LogP contribution in [0.4, 0.5) is 0 Å². The number of benzene rings is 2. The average Bonchev–Trinajstić information content (AvgIpc) is 2.68. The molecule has 2 aromatic carbocycles. The monoisotopic (exact) mass is 366 g/mol. The first-order chi connectivity index (χ1) is 13.0.